The first-order valence-electron chi connectivity index (χ1n) is 23.2. The standard InChI is InChI=1S/C47H88NO8P/c1-6-8-10-12-14-16-18-20-22-24-26-28-30-32-34-36-38-40-47(50)56-45(44-55-57(51,52)54-42-41-48(3,4)5)43-53-46(49)39-37-35-33-31-29-27-25-23-21-19-17-15-13-11-9-7-2/h14,16,20,22,26,28,45H,6-13,15,17-19,21,23-25,27,29-44H2,1-5H3/b16-14+,22-20+,28-26+/t45-/m1/s1. The van der Waals surface area contributed by atoms with Crippen molar-refractivity contribution in [2.45, 2.75) is 206 Å². The Morgan fingerprint density at radius 1 is 0.544 bits per heavy atom. The molecule has 0 heterocycles. The molecule has 0 saturated carbocycles. The molecule has 0 aliphatic carbocycles. The van der Waals surface area contributed by atoms with E-state index in [1.165, 1.54) is 109 Å². The second-order valence-electron chi connectivity index (χ2n) is 16.8. The molecular weight excluding hydrogens is 737 g/mol. The van der Waals surface area contributed by atoms with E-state index >= 15 is 0 Å². The van der Waals surface area contributed by atoms with E-state index in [1.54, 1.807) is 0 Å². The van der Waals surface area contributed by atoms with Gasteiger partial charge in [0, 0.05) is 12.8 Å². The number of likely N-dealkylation sites (N-methyl/N-ethyl adjacent to an activating group) is 1. The number of phosphoric acid groups is 1. The molecule has 0 aromatic rings. The third-order valence-electron chi connectivity index (χ3n) is 9.91. The van der Waals surface area contributed by atoms with Crippen LogP contribution in [0.3, 0.4) is 0 Å². The number of ether oxygens (including phenoxy) is 2. The van der Waals surface area contributed by atoms with Crippen LogP contribution in [0.1, 0.15) is 200 Å². The van der Waals surface area contributed by atoms with E-state index in [0.29, 0.717) is 17.4 Å². The van der Waals surface area contributed by atoms with Crippen molar-refractivity contribution in [3.05, 3.63) is 36.5 Å². The van der Waals surface area contributed by atoms with Crippen molar-refractivity contribution in [2.24, 2.45) is 0 Å². The Morgan fingerprint density at radius 3 is 1.44 bits per heavy atom. The van der Waals surface area contributed by atoms with Crippen molar-refractivity contribution in [1.29, 1.82) is 0 Å². The Hall–Kier alpha value is -1.77. The van der Waals surface area contributed by atoms with Gasteiger partial charge < -0.3 is 27.9 Å². The monoisotopic (exact) mass is 826 g/mol. The second-order valence-corrected chi connectivity index (χ2v) is 18.2. The van der Waals surface area contributed by atoms with Crippen molar-refractivity contribution in [3.8, 4) is 0 Å². The molecule has 1 unspecified atom stereocenters. The summed E-state index contributed by atoms with van der Waals surface area (Å²) < 4.78 is 33.9. The highest BCUT2D eigenvalue weighted by Gasteiger charge is 2.21. The molecule has 0 spiro atoms. The lowest BCUT2D eigenvalue weighted by Gasteiger charge is -2.28. The number of carbonyl (C=O) groups excluding carboxylic acids is 2. The molecule has 0 fully saturated rings. The Kier molecular flexibility index (Phi) is 38.4. The van der Waals surface area contributed by atoms with Gasteiger partial charge in [0.15, 0.2) is 6.10 Å². The van der Waals surface area contributed by atoms with Crippen LogP contribution in [-0.2, 0) is 32.7 Å². The lowest BCUT2D eigenvalue weighted by atomic mass is 10.0. The maximum atomic E-state index is 12.7. The van der Waals surface area contributed by atoms with Crippen LogP contribution in [0.4, 0.5) is 0 Å². The third kappa shape index (κ3) is 43.6. The fourth-order valence-corrected chi connectivity index (χ4v) is 6.98. The molecule has 334 valence electrons. The molecule has 0 rings (SSSR count). The summed E-state index contributed by atoms with van der Waals surface area (Å²) in [4.78, 5) is 37.6. The van der Waals surface area contributed by atoms with Crippen LogP contribution in [0.5, 0.6) is 0 Å². The molecule has 9 nitrogen and oxygen atoms in total. The van der Waals surface area contributed by atoms with E-state index in [2.05, 4.69) is 50.3 Å². The molecule has 2 atom stereocenters. The number of phosphoric ester groups is 1. The fraction of sp³-hybridized carbons (Fsp3) is 0.830. The van der Waals surface area contributed by atoms with Crippen LogP contribution < -0.4 is 4.89 Å². The van der Waals surface area contributed by atoms with Crippen LogP contribution in [0, 0.1) is 0 Å². The fourth-order valence-electron chi connectivity index (χ4n) is 6.25. The normalized spacial score (nSPS) is 13.9. The summed E-state index contributed by atoms with van der Waals surface area (Å²) in [5.41, 5.74) is 0. The van der Waals surface area contributed by atoms with Gasteiger partial charge in [0.05, 0.1) is 27.7 Å². The van der Waals surface area contributed by atoms with Crippen molar-refractivity contribution >= 4 is 19.8 Å². The zero-order valence-electron chi connectivity index (χ0n) is 37.5. The van der Waals surface area contributed by atoms with Crippen molar-refractivity contribution in [1.82, 2.24) is 0 Å². The zero-order valence-corrected chi connectivity index (χ0v) is 38.4. The Morgan fingerprint density at radius 2 is 0.947 bits per heavy atom. The Labute approximate surface area is 351 Å². The predicted octanol–water partition coefficient (Wildman–Crippen LogP) is 12.7. The van der Waals surface area contributed by atoms with E-state index in [4.69, 9.17) is 18.5 Å². The van der Waals surface area contributed by atoms with Crippen molar-refractivity contribution in [3.63, 3.8) is 0 Å². The average molecular weight is 826 g/mol. The highest BCUT2D eigenvalue weighted by atomic mass is 31.2. The van der Waals surface area contributed by atoms with E-state index < -0.39 is 26.5 Å². The number of quaternary nitrogens is 1. The van der Waals surface area contributed by atoms with Gasteiger partial charge >= 0.3 is 11.9 Å². The molecular formula is C47H88NO8P. The first-order valence-corrected chi connectivity index (χ1v) is 24.7. The largest absolute Gasteiger partial charge is 0.756 e. The Bertz CT molecular complexity index is 1070. The first-order chi connectivity index (χ1) is 27.5. The predicted molar refractivity (Wildman–Crippen MR) is 236 cm³/mol. The van der Waals surface area contributed by atoms with E-state index in [9.17, 15) is 19.0 Å². The molecule has 0 aliphatic heterocycles. The van der Waals surface area contributed by atoms with Gasteiger partial charge in [-0.25, -0.2) is 0 Å². The maximum absolute atomic E-state index is 12.7. The van der Waals surface area contributed by atoms with Crippen LogP contribution in [0.25, 0.3) is 0 Å². The second kappa shape index (κ2) is 39.7. The first kappa shape index (κ1) is 55.2. The quantitative estimate of drug-likeness (QED) is 0.0197. The van der Waals surface area contributed by atoms with Crippen LogP contribution in [0.15, 0.2) is 36.5 Å². The minimum atomic E-state index is -4.63. The molecule has 0 bridgehead atoms. The molecule has 0 amide bonds. The summed E-state index contributed by atoms with van der Waals surface area (Å²) in [5, 5.41) is 0. The van der Waals surface area contributed by atoms with Gasteiger partial charge in [-0.2, -0.15) is 0 Å². The number of allylic oxidation sites excluding steroid dienone is 6. The molecule has 57 heavy (non-hydrogen) atoms. The van der Waals surface area contributed by atoms with Gasteiger partial charge in [0.2, 0.25) is 0 Å². The number of rotatable bonds is 42. The highest BCUT2D eigenvalue weighted by molar-refractivity contribution is 7.45. The summed E-state index contributed by atoms with van der Waals surface area (Å²) in [6, 6.07) is 0. The van der Waals surface area contributed by atoms with Gasteiger partial charge in [-0.3, -0.25) is 14.2 Å². The lowest BCUT2D eigenvalue weighted by molar-refractivity contribution is -0.870. The molecule has 10 heteroatoms. The molecule has 0 aromatic heterocycles. The van der Waals surface area contributed by atoms with Gasteiger partial charge in [-0.15, -0.1) is 0 Å². The maximum Gasteiger partial charge on any atom is 0.306 e. The number of carbonyl (C=O) groups is 2. The zero-order chi connectivity index (χ0) is 42.1. The number of nitrogens with zero attached hydrogens (tertiary/aromatic N) is 1. The van der Waals surface area contributed by atoms with Crippen LogP contribution >= 0.6 is 7.82 Å². The highest BCUT2D eigenvalue weighted by Crippen LogP contribution is 2.38. The van der Waals surface area contributed by atoms with E-state index in [1.807, 2.05) is 21.1 Å². The molecule has 0 saturated heterocycles. The number of esters is 2. The number of unbranched alkanes of at least 4 members (excludes halogenated alkanes) is 22. The van der Waals surface area contributed by atoms with Gasteiger partial charge in [-0.05, 0) is 51.4 Å². The molecule has 0 radical (unpaired) electrons. The summed E-state index contributed by atoms with van der Waals surface area (Å²) in [6.45, 7) is 4.19. The van der Waals surface area contributed by atoms with Crippen LogP contribution in [-0.4, -0.2) is 70.0 Å². The number of hydrogen-bond donors (Lipinski definition) is 0. The molecule has 0 aliphatic rings. The lowest BCUT2D eigenvalue weighted by Crippen LogP contribution is -2.37. The van der Waals surface area contributed by atoms with Gasteiger partial charge in [0.1, 0.15) is 19.8 Å². The minimum Gasteiger partial charge on any atom is -0.756 e. The smallest absolute Gasteiger partial charge is 0.306 e. The van der Waals surface area contributed by atoms with E-state index in [-0.39, 0.29) is 32.0 Å². The van der Waals surface area contributed by atoms with Crippen molar-refractivity contribution in [2.75, 3.05) is 47.5 Å². The summed E-state index contributed by atoms with van der Waals surface area (Å²) in [6.07, 6.45) is 44.5. The molecule has 0 N–H and O–H groups in total. The summed E-state index contributed by atoms with van der Waals surface area (Å²) >= 11 is 0. The average Bonchev–Trinajstić information content (AvgIpc) is 3.16. The van der Waals surface area contributed by atoms with Crippen LogP contribution in [0.2, 0.25) is 0 Å². The van der Waals surface area contributed by atoms with E-state index in [0.717, 1.165) is 57.8 Å². The third-order valence-corrected chi connectivity index (χ3v) is 10.9. The van der Waals surface area contributed by atoms with Gasteiger partial charge in [-0.1, -0.05) is 172 Å². The number of hydrogen-bond acceptors (Lipinski definition) is 8. The minimum absolute atomic E-state index is 0.0347. The summed E-state index contributed by atoms with van der Waals surface area (Å²) in [7, 11) is 1.15. The SMILES string of the molecule is CCCCC/C=C/C/C=C/C/C=C/CCCCCCC(=O)O[C@H](COC(=O)CCCCCCCCCCCCCCCCCC)COP(=O)([O-])OCC[N+](C)(C)C. The summed E-state index contributed by atoms with van der Waals surface area (Å²) in [5.74, 6) is -0.854. The topological polar surface area (TPSA) is 111 Å². The Balaban J connectivity index is 4.36. The van der Waals surface area contributed by atoms with Gasteiger partial charge in [0.25, 0.3) is 7.82 Å². The van der Waals surface area contributed by atoms with Crippen molar-refractivity contribution < 1.29 is 42.1 Å². The molecule has 0 aromatic carbocycles.